The van der Waals surface area contributed by atoms with Crippen LogP contribution in [0.2, 0.25) is 0 Å². The molecule has 1 aromatic carbocycles. The average molecular weight is 222 g/mol. The van der Waals surface area contributed by atoms with Gasteiger partial charge >= 0.3 is 0 Å². The molecule has 0 aliphatic rings. The van der Waals surface area contributed by atoms with E-state index in [2.05, 4.69) is 26.0 Å². The number of rotatable bonds is 6. The van der Waals surface area contributed by atoms with Gasteiger partial charge in [-0.3, -0.25) is 0 Å². The first-order chi connectivity index (χ1) is 7.61. The minimum atomic E-state index is -0.226. The predicted octanol–water partition coefficient (Wildman–Crippen LogP) is 3.18. The first-order valence-corrected chi connectivity index (χ1v) is 6.05. The normalized spacial score (nSPS) is 14.5. The van der Waals surface area contributed by atoms with Gasteiger partial charge < -0.3 is 9.84 Å². The second-order valence-electron chi connectivity index (χ2n) is 4.37. The molecule has 0 aliphatic carbocycles. The highest BCUT2D eigenvalue weighted by Gasteiger charge is 2.02. The Morgan fingerprint density at radius 3 is 2.31 bits per heavy atom. The van der Waals surface area contributed by atoms with Gasteiger partial charge in [0.25, 0.3) is 0 Å². The number of hydrogen-bond donors (Lipinski definition) is 1. The molecule has 0 heterocycles. The molecule has 2 heteroatoms. The number of aliphatic hydroxyl groups excluding tert-OH is 1. The molecule has 1 rings (SSSR count). The van der Waals surface area contributed by atoms with Crippen LogP contribution in [-0.2, 0) is 6.42 Å². The van der Waals surface area contributed by atoms with Crippen molar-refractivity contribution >= 4 is 0 Å². The molecule has 2 unspecified atom stereocenters. The highest BCUT2D eigenvalue weighted by molar-refractivity contribution is 5.27. The van der Waals surface area contributed by atoms with Crippen molar-refractivity contribution in [3.63, 3.8) is 0 Å². The first kappa shape index (κ1) is 13.0. The second-order valence-corrected chi connectivity index (χ2v) is 4.37. The highest BCUT2D eigenvalue weighted by Crippen LogP contribution is 2.16. The minimum absolute atomic E-state index is 0.226. The van der Waals surface area contributed by atoms with Crippen molar-refractivity contribution in [1.82, 2.24) is 0 Å². The van der Waals surface area contributed by atoms with Crippen molar-refractivity contribution < 1.29 is 9.84 Å². The summed E-state index contributed by atoms with van der Waals surface area (Å²) in [5.41, 5.74) is 1.25. The van der Waals surface area contributed by atoms with Crippen molar-refractivity contribution in [3.8, 4) is 5.75 Å². The maximum absolute atomic E-state index is 9.19. The lowest BCUT2D eigenvalue weighted by Gasteiger charge is -2.12. The first-order valence-electron chi connectivity index (χ1n) is 6.05. The lowest BCUT2D eigenvalue weighted by molar-refractivity contribution is 0.185. The summed E-state index contributed by atoms with van der Waals surface area (Å²) < 4.78 is 5.69. The van der Waals surface area contributed by atoms with Gasteiger partial charge in [-0.1, -0.05) is 19.1 Å². The van der Waals surface area contributed by atoms with E-state index in [0.29, 0.717) is 0 Å². The second kappa shape index (κ2) is 6.54. The maximum Gasteiger partial charge on any atom is 0.119 e. The van der Waals surface area contributed by atoms with E-state index in [1.54, 1.807) is 0 Å². The molecular weight excluding hydrogens is 200 g/mol. The van der Waals surface area contributed by atoms with Gasteiger partial charge in [0.15, 0.2) is 0 Å². The van der Waals surface area contributed by atoms with Crippen molar-refractivity contribution in [2.75, 3.05) is 0 Å². The predicted molar refractivity (Wildman–Crippen MR) is 66.8 cm³/mol. The highest BCUT2D eigenvalue weighted by atomic mass is 16.5. The quantitative estimate of drug-likeness (QED) is 0.801. The molecular formula is C14H22O2. The summed E-state index contributed by atoms with van der Waals surface area (Å²) in [6.45, 7) is 6.00. The smallest absolute Gasteiger partial charge is 0.119 e. The van der Waals surface area contributed by atoms with E-state index in [0.717, 1.165) is 25.0 Å². The molecule has 90 valence electrons. The molecule has 0 amide bonds. The zero-order chi connectivity index (χ0) is 12.0. The van der Waals surface area contributed by atoms with Crippen molar-refractivity contribution in [2.45, 2.75) is 52.2 Å². The van der Waals surface area contributed by atoms with Crippen LogP contribution in [0.4, 0.5) is 0 Å². The van der Waals surface area contributed by atoms with Gasteiger partial charge in [0.2, 0.25) is 0 Å². The Kier molecular flexibility index (Phi) is 5.33. The third-order valence-electron chi connectivity index (χ3n) is 2.69. The van der Waals surface area contributed by atoms with E-state index in [1.165, 1.54) is 5.56 Å². The monoisotopic (exact) mass is 222 g/mol. The fourth-order valence-electron chi connectivity index (χ4n) is 1.43. The molecule has 2 nitrogen and oxygen atoms in total. The molecule has 0 spiro atoms. The van der Waals surface area contributed by atoms with Crippen molar-refractivity contribution in [3.05, 3.63) is 29.8 Å². The van der Waals surface area contributed by atoms with Gasteiger partial charge in [0.1, 0.15) is 5.75 Å². The van der Waals surface area contributed by atoms with Crippen LogP contribution < -0.4 is 4.74 Å². The largest absolute Gasteiger partial charge is 0.491 e. The molecule has 0 aromatic heterocycles. The van der Waals surface area contributed by atoms with Crippen LogP contribution in [0.5, 0.6) is 5.75 Å². The van der Waals surface area contributed by atoms with E-state index < -0.39 is 0 Å². The van der Waals surface area contributed by atoms with Crippen LogP contribution in [0.15, 0.2) is 24.3 Å². The molecule has 1 aromatic rings. The summed E-state index contributed by atoms with van der Waals surface area (Å²) >= 11 is 0. The molecule has 0 fully saturated rings. The van der Waals surface area contributed by atoms with Gasteiger partial charge in [0, 0.05) is 0 Å². The van der Waals surface area contributed by atoms with E-state index in [4.69, 9.17) is 4.74 Å². The summed E-state index contributed by atoms with van der Waals surface area (Å²) in [5, 5.41) is 9.19. The summed E-state index contributed by atoms with van der Waals surface area (Å²) in [6, 6.07) is 8.15. The third-order valence-corrected chi connectivity index (χ3v) is 2.69. The molecule has 0 radical (unpaired) electrons. The topological polar surface area (TPSA) is 29.5 Å². The molecule has 0 aliphatic heterocycles. The Balaban J connectivity index is 2.47. The standard InChI is InChI=1S/C14H22O2/c1-4-12(3)16-14-9-7-13(8-10-14)6-5-11(2)15/h7-12,15H,4-6H2,1-3H3. The summed E-state index contributed by atoms with van der Waals surface area (Å²) in [7, 11) is 0. The summed E-state index contributed by atoms with van der Waals surface area (Å²) in [5.74, 6) is 0.926. The van der Waals surface area contributed by atoms with E-state index in [9.17, 15) is 5.11 Å². The number of benzene rings is 1. The van der Waals surface area contributed by atoms with Gasteiger partial charge in [-0.15, -0.1) is 0 Å². The van der Waals surface area contributed by atoms with Crippen LogP contribution in [0, 0.1) is 0 Å². The van der Waals surface area contributed by atoms with E-state index in [-0.39, 0.29) is 12.2 Å². The van der Waals surface area contributed by atoms with Crippen LogP contribution in [0.3, 0.4) is 0 Å². The lowest BCUT2D eigenvalue weighted by atomic mass is 10.1. The average Bonchev–Trinajstić information content (AvgIpc) is 2.28. The minimum Gasteiger partial charge on any atom is -0.491 e. The zero-order valence-corrected chi connectivity index (χ0v) is 10.4. The van der Waals surface area contributed by atoms with Gasteiger partial charge in [-0.05, 0) is 50.8 Å². The molecule has 0 bridgehead atoms. The van der Waals surface area contributed by atoms with Crippen LogP contribution >= 0.6 is 0 Å². The number of aryl methyl sites for hydroxylation is 1. The Bertz CT molecular complexity index is 290. The third kappa shape index (κ3) is 4.67. The van der Waals surface area contributed by atoms with Crippen LogP contribution in [0.25, 0.3) is 0 Å². The van der Waals surface area contributed by atoms with Gasteiger partial charge in [-0.2, -0.15) is 0 Å². The molecule has 0 saturated heterocycles. The SMILES string of the molecule is CCC(C)Oc1ccc(CCC(C)O)cc1. The molecule has 16 heavy (non-hydrogen) atoms. The van der Waals surface area contributed by atoms with Gasteiger partial charge in [-0.25, -0.2) is 0 Å². The number of hydrogen-bond acceptors (Lipinski definition) is 2. The Morgan fingerprint density at radius 1 is 1.19 bits per heavy atom. The molecule has 0 saturated carbocycles. The zero-order valence-electron chi connectivity index (χ0n) is 10.4. The molecule has 1 N–H and O–H groups in total. The Labute approximate surface area is 98.3 Å². The fraction of sp³-hybridized carbons (Fsp3) is 0.571. The van der Waals surface area contributed by atoms with Crippen molar-refractivity contribution in [1.29, 1.82) is 0 Å². The lowest BCUT2D eigenvalue weighted by Crippen LogP contribution is -2.09. The Morgan fingerprint density at radius 2 is 1.81 bits per heavy atom. The van der Waals surface area contributed by atoms with E-state index in [1.807, 2.05) is 19.1 Å². The fourth-order valence-corrected chi connectivity index (χ4v) is 1.43. The summed E-state index contributed by atoms with van der Waals surface area (Å²) in [4.78, 5) is 0. The van der Waals surface area contributed by atoms with Crippen LogP contribution in [0.1, 0.15) is 39.2 Å². The van der Waals surface area contributed by atoms with Gasteiger partial charge in [0.05, 0.1) is 12.2 Å². The molecule has 2 atom stereocenters. The number of aliphatic hydroxyl groups is 1. The van der Waals surface area contributed by atoms with Crippen molar-refractivity contribution in [2.24, 2.45) is 0 Å². The summed E-state index contributed by atoms with van der Waals surface area (Å²) in [6.07, 6.45) is 2.79. The Hall–Kier alpha value is -1.02. The van der Waals surface area contributed by atoms with Crippen LogP contribution in [-0.4, -0.2) is 17.3 Å². The number of ether oxygens (including phenoxy) is 1. The van der Waals surface area contributed by atoms with E-state index >= 15 is 0 Å². The maximum atomic E-state index is 9.19.